The second-order valence-electron chi connectivity index (χ2n) is 18.1. The van der Waals surface area contributed by atoms with Crippen molar-refractivity contribution in [1.82, 2.24) is 14.8 Å². The molecule has 304 valence electrons. The highest BCUT2D eigenvalue weighted by Gasteiger charge is 2.78. The third-order valence-corrected chi connectivity index (χ3v) is 15.9. The highest BCUT2D eigenvalue weighted by Crippen LogP contribution is 2.68. The average molecular weight is 781 g/mol. The Hall–Kier alpha value is -3.94. The number of anilines is 1. The van der Waals surface area contributed by atoms with E-state index in [1.54, 1.807) is 7.11 Å². The monoisotopic (exact) mass is 780 g/mol. The summed E-state index contributed by atoms with van der Waals surface area (Å²) in [7, 11) is 5.09. The van der Waals surface area contributed by atoms with Gasteiger partial charge in [0.2, 0.25) is 0 Å². The Bertz CT molecular complexity index is 2210. The van der Waals surface area contributed by atoms with Crippen molar-refractivity contribution in [3.8, 4) is 5.75 Å². The van der Waals surface area contributed by atoms with E-state index in [4.69, 9.17) is 18.9 Å². The number of benzene rings is 2. The van der Waals surface area contributed by atoms with Crippen molar-refractivity contribution in [2.24, 2.45) is 11.3 Å². The highest BCUT2D eigenvalue weighted by molar-refractivity contribution is 5.94. The minimum absolute atomic E-state index is 0.0157. The SMILES string of the molecule is CC[C@]12CN3CCc4c([nH]c5ccccc45)[C@@](C(=O)OC)(c4cc5c(cc4OC)N(C)[C@H]4[C@@](O)(CO)[C@H](OC(C)=O)[C@]6(CC)C=CCN7CC[C@]54[C@@H]76)C[C@H](C3)[C@H]1O2. The van der Waals surface area contributed by atoms with Crippen molar-refractivity contribution >= 4 is 28.5 Å². The number of esters is 2. The molecule has 1 aromatic heterocycles. The number of aromatic nitrogens is 1. The number of hydrogen-bond donors (Lipinski definition) is 3. The molecule has 2 bridgehead atoms. The minimum Gasteiger partial charge on any atom is -0.496 e. The van der Waals surface area contributed by atoms with Gasteiger partial charge in [0.25, 0.3) is 0 Å². The molecular weight excluding hydrogens is 725 g/mol. The van der Waals surface area contributed by atoms with Gasteiger partial charge in [0.05, 0.1) is 33.0 Å². The van der Waals surface area contributed by atoms with Crippen molar-refractivity contribution in [3.05, 3.63) is 70.9 Å². The van der Waals surface area contributed by atoms with Gasteiger partial charge in [0, 0.05) is 96.9 Å². The van der Waals surface area contributed by atoms with Crippen molar-refractivity contribution in [2.75, 3.05) is 65.5 Å². The molecule has 10 rings (SSSR count). The quantitative estimate of drug-likeness (QED) is 0.183. The van der Waals surface area contributed by atoms with Gasteiger partial charge in [-0.2, -0.15) is 0 Å². The number of methoxy groups -OCH3 is 2. The van der Waals surface area contributed by atoms with Crippen molar-refractivity contribution in [3.63, 3.8) is 0 Å². The molecule has 2 aromatic carbocycles. The summed E-state index contributed by atoms with van der Waals surface area (Å²) in [4.78, 5) is 39.1. The molecule has 11 atom stereocenters. The fourth-order valence-corrected chi connectivity index (χ4v) is 13.8. The predicted octanol–water partition coefficient (Wildman–Crippen LogP) is 3.83. The van der Waals surface area contributed by atoms with E-state index in [2.05, 4.69) is 69.9 Å². The van der Waals surface area contributed by atoms with E-state index >= 15 is 4.79 Å². The first-order valence-corrected chi connectivity index (χ1v) is 20.9. The van der Waals surface area contributed by atoms with Crippen LogP contribution in [-0.2, 0) is 41.1 Å². The van der Waals surface area contributed by atoms with Crippen LogP contribution in [0.5, 0.6) is 5.75 Å². The summed E-state index contributed by atoms with van der Waals surface area (Å²) in [6.45, 7) is 9.03. The van der Waals surface area contributed by atoms with Crippen molar-refractivity contribution < 1.29 is 38.7 Å². The number of fused-ring (bicyclic) bond motifs is 8. The first-order chi connectivity index (χ1) is 27.4. The van der Waals surface area contributed by atoms with E-state index in [9.17, 15) is 15.0 Å². The Morgan fingerprint density at radius 2 is 1.88 bits per heavy atom. The van der Waals surface area contributed by atoms with Crippen LogP contribution in [0.3, 0.4) is 0 Å². The number of para-hydroxylation sites is 1. The summed E-state index contributed by atoms with van der Waals surface area (Å²) in [6, 6.07) is 11.7. The number of rotatable bonds is 7. The molecule has 4 fully saturated rings. The van der Waals surface area contributed by atoms with Crippen LogP contribution in [0.4, 0.5) is 5.69 Å². The number of nitrogens with zero attached hydrogens (tertiary/aromatic N) is 3. The summed E-state index contributed by atoms with van der Waals surface area (Å²) in [6.07, 6.45) is 6.62. The topological polar surface area (TPSA) is 140 Å². The van der Waals surface area contributed by atoms with E-state index in [-0.39, 0.29) is 29.6 Å². The van der Waals surface area contributed by atoms with Gasteiger partial charge >= 0.3 is 11.9 Å². The maximum absolute atomic E-state index is 15.3. The Kier molecular flexibility index (Phi) is 8.21. The predicted molar refractivity (Wildman–Crippen MR) is 214 cm³/mol. The molecule has 1 unspecified atom stereocenters. The number of aliphatic hydroxyl groups is 2. The lowest BCUT2D eigenvalue weighted by Crippen LogP contribution is -2.80. The van der Waals surface area contributed by atoms with Crippen LogP contribution < -0.4 is 9.64 Å². The number of epoxide rings is 1. The molecule has 6 aliphatic heterocycles. The molecule has 0 radical (unpaired) electrons. The first-order valence-electron chi connectivity index (χ1n) is 20.9. The molecule has 1 saturated carbocycles. The lowest BCUT2D eigenvalue weighted by Gasteiger charge is -2.64. The summed E-state index contributed by atoms with van der Waals surface area (Å²) >= 11 is 0. The van der Waals surface area contributed by atoms with Gasteiger partial charge in [0.1, 0.15) is 28.5 Å². The zero-order chi connectivity index (χ0) is 39.9. The van der Waals surface area contributed by atoms with Gasteiger partial charge < -0.3 is 39.0 Å². The smallest absolute Gasteiger partial charge is 0.322 e. The van der Waals surface area contributed by atoms with Gasteiger partial charge in [0.15, 0.2) is 0 Å². The molecule has 0 amide bonds. The molecule has 3 aromatic rings. The zero-order valence-electron chi connectivity index (χ0n) is 34.0. The number of aliphatic hydroxyl groups excluding tert-OH is 1. The van der Waals surface area contributed by atoms with E-state index < -0.39 is 46.6 Å². The molecule has 57 heavy (non-hydrogen) atoms. The molecular formula is C45H56N4O8. The molecule has 7 heterocycles. The van der Waals surface area contributed by atoms with E-state index in [1.807, 2.05) is 19.2 Å². The minimum atomic E-state index is -1.84. The lowest BCUT2D eigenvalue weighted by atomic mass is 9.47. The molecule has 3 N–H and O–H groups in total. The van der Waals surface area contributed by atoms with Crippen LogP contribution in [-0.4, -0.2) is 133 Å². The summed E-state index contributed by atoms with van der Waals surface area (Å²) in [5.74, 6) is -0.295. The number of H-pyrrole nitrogens is 1. The fourth-order valence-electron chi connectivity index (χ4n) is 13.8. The molecule has 12 heteroatoms. The summed E-state index contributed by atoms with van der Waals surface area (Å²) in [5.41, 5.74) is 0.539. The standard InChI is InChI=1S/C45H56N4O8/c1-7-41-15-11-17-49-19-16-43(37(41)49)30-20-31(34(54-5)21-33(30)47(4)38(43)45(53,25-50)39(41)56-26(3)51)44(40(52)55-6)22-27-23-48(24-42(8-2)36(27)57-42)18-14-29-28-12-9-10-13-32(28)46-35(29)44/h9-13,15,20-21,27,36-39,46,50,53H,7-8,14,16-19,22-25H2,1-6H3/t27-,36-,37+,38-,39-,41-,42+,43-,44+,45+/m1/s1. The van der Waals surface area contributed by atoms with E-state index in [0.717, 1.165) is 84.5 Å². The average Bonchev–Trinajstić information content (AvgIpc) is 3.51. The maximum atomic E-state index is 15.3. The number of piperidine rings is 1. The third kappa shape index (κ3) is 4.56. The molecule has 1 spiro atoms. The van der Waals surface area contributed by atoms with Gasteiger partial charge in [-0.25, -0.2) is 0 Å². The van der Waals surface area contributed by atoms with Crippen LogP contribution in [0.1, 0.15) is 68.8 Å². The molecule has 7 aliphatic rings. The lowest BCUT2D eigenvalue weighted by molar-refractivity contribution is -0.228. The Morgan fingerprint density at radius 3 is 2.60 bits per heavy atom. The number of hydrogen-bond acceptors (Lipinski definition) is 11. The van der Waals surface area contributed by atoms with Crippen LogP contribution in [0.25, 0.3) is 10.9 Å². The number of carbonyl (C=O) groups excluding carboxylic acids is 2. The number of nitrogens with one attached hydrogen (secondary N) is 1. The van der Waals surface area contributed by atoms with Gasteiger partial charge in [-0.05, 0) is 61.9 Å². The molecule has 12 nitrogen and oxygen atoms in total. The Balaban J connectivity index is 1.27. The van der Waals surface area contributed by atoms with Gasteiger partial charge in [-0.1, -0.05) is 44.2 Å². The maximum Gasteiger partial charge on any atom is 0.322 e. The van der Waals surface area contributed by atoms with Gasteiger partial charge in [-0.15, -0.1) is 0 Å². The van der Waals surface area contributed by atoms with Crippen LogP contribution in [0, 0.1) is 11.3 Å². The molecule has 3 saturated heterocycles. The first kappa shape index (κ1) is 37.3. The van der Waals surface area contributed by atoms with Gasteiger partial charge in [-0.3, -0.25) is 19.4 Å². The normalized spacial score (nSPS) is 39.8. The fraction of sp³-hybridized carbons (Fsp3) is 0.600. The second kappa shape index (κ2) is 12.5. The third-order valence-electron chi connectivity index (χ3n) is 15.9. The number of carbonyl (C=O) groups is 2. The molecule has 1 aliphatic carbocycles. The van der Waals surface area contributed by atoms with Crippen LogP contribution in [0.15, 0.2) is 48.6 Å². The van der Waals surface area contributed by atoms with Crippen LogP contribution >= 0.6 is 0 Å². The largest absolute Gasteiger partial charge is 0.496 e. The summed E-state index contributed by atoms with van der Waals surface area (Å²) in [5, 5.41) is 25.6. The summed E-state index contributed by atoms with van der Waals surface area (Å²) < 4.78 is 25.2. The number of aromatic amines is 1. The highest BCUT2D eigenvalue weighted by atomic mass is 16.6. The number of ether oxygens (including phenoxy) is 4. The van der Waals surface area contributed by atoms with E-state index in [0.29, 0.717) is 25.0 Å². The van der Waals surface area contributed by atoms with Crippen molar-refractivity contribution in [1.29, 1.82) is 0 Å². The van der Waals surface area contributed by atoms with Crippen molar-refractivity contribution in [2.45, 2.75) is 99.2 Å². The second-order valence-corrected chi connectivity index (χ2v) is 18.1. The number of likely N-dealkylation sites (N-methyl/N-ethyl adjacent to an activating group) is 1. The zero-order valence-corrected chi connectivity index (χ0v) is 34.0. The van der Waals surface area contributed by atoms with E-state index in [1.165, 1.54) is 14.0 Å². The Morgan fingerprint density at radius 1 is 1.07 bits per heavy atom. The van der Waals surface area contributed by atoms with Crippen LogP contribution in [0.2, 0.25) is 0 Å². The Labute approximate surface area is 334 Å².